The van der Waals surface area contributed by atoms with Crippen molar-refractivity contribution in [3.63, 3.8) is 0 Å². The van der Waals surface area contributed by atoms with E-state index >= 15 is 0 Å². The molecule has 2 rings (SSSR count). The monoisotopic (exact) mass is 389 g/mol. The van der Waals surface area contributed by atoms with Crippen molar-refractivity contribution in [2.24, 2.45) is 10.1 Å². The van der Waals surface area contributed by atoms with Crippen LogP contribution in [0.15, 0.2) is 33.1 Å². The number of amides is 1. The van der Waals surface area contributed by atoms with Crippen molar-refractivity contribution in [3.05, 3.63) is 23.0 Å². The van der Waals surface area contributed by atoms with Crippen LogP contribution >= 0.6 is 0 Å². The molecular formula is C20H31N5O3. The number of aldehydes is 1. The Bertz CT molecular complexity index is 657. The third-order valence-electron chi connectivity index (χ3n) is 4.91. The normalized spacial score (nSPS) is 18.7. The zero-order valence-electron chi connectivity index (χ0n) is 16.9. The molecule has 2 aliphatic heterocycles. The van der Waals surface area contributed by atoms with Gasteiger partial charge in [0.25, 0.3) is 5.91 Å². The molecule has 1 amide bonds. The number of piperidine rings is 1. The number of carbonyl (C=O) groups is 2. The number of hydrazone groups is 1. The Balaban J connectivity index is 2.40. The highest BCUT2D eigenvalue weighted by molar-refractivity contribution is 6.02. The van der Waals surface area contributed by atoms with Gasteiger partial charge in [-0.25, -0.2) is 10.0 Å². The second-order valence-corrected chi connectivity index (χ2v) is 6.67. The molecule has 0 bridgehead atoms. The summed E-state index contributed by atoms with van der Waals surface area (Å²) in [5.74, 6) is 0.0630. The molecule has 1 N–H and O–H groups in total. The van der Waals surface area contributed by atoms with Crippen molar-refractivity contribution in [2.75, 3.05) is 39.9 Å². The fraction of sp³-hybridized carbons (Fsp3) is 0.600. The number of ether oxygens (including phenoxy) is 1. The number of nitrogens with zero attached hydrogens (tertiary/aromatic N) is 4. The maximum absolute atomic E-state index is 13.4. The predicted octanol–water partition coefficient (Wildman–Crippen LogP) is 1.70. The first-order valence-electron chi connectivity index (χ1n) is 9.90. The summed E-state index contributed by atoms with van der Waals surface area (Å²) in [6.07, 6.45) is 7.14. The lowest BCUT2D eigenvalue weighted by Crippen LogP contribution is -2.41. The van der Waals surface area contributed by atoms with Crippen LogP contribution in [0.25, 0.3) is 0 Å². The van der Waals surface area contributed by atoms with E-state index in [1.165, 1.54) is 5.01 Å². The molecule has 0 aromatic carbocycles. The molecule has 154 valence electrons. The molecule has 28 heavy (non-hydrogen) atoms. The summed E-state index contributed by atoms with van der Waals surface area (Å²) in [6.45, 7) is 8.13. The Kier molecular flexibility index (Phi) is 8.87. The van der Waals surface area contributed by atoms with E-state index in [1.807, 2.05) is 20.0 Å². The number of allylic oxidation sites excluding steroid dienone is 1. The number of hydrogen-bond acceptors (Lipinski definition) is 6. The third kappa shape index (κ3) is 5.51. The van der Waals surface area contributed by atoms with Crippen LogP contribution in [0.3, 0.4) is 0 Å². The van der Waals surface area contributed by atoms with Crippen LogP contribution in [0.1, 0.15) is 39.0 Å². The van der Waals surface area contributed by atoms with E-state index < -0.39 is 0 Å². The smallest absolute Gasteiger partial charge is 0.292 e. The minimum absolute atomic E-state index is 0.139. The van der Waals surface area contributed by atoms with E-state index in [9.17, 15) is 9.59 Å². The second-order valence-electron chi connectivity index (χ2n) is 6.67. The molecule has 1 fully saturated rings. The second kappa shape index (κ2) is 11.4. The van der Waals surface area contributed by atoms with Crippen molar-refractivity contribution < 1.29 is 14.3 Å². The molecule has 0 atom stereocenters. The molecule has 1 saturated heterocycles. The van der Waals surface area contributed by atoms with Crippen molar-refractivity contribution in [1.29, 1.82) is 0 Å². The van der Waals surface area contributed by atoms with Crippen molar-refractivity contribution >= 4 is 24.7 Å². The quantitative estimate of drug-likeness (QED) is 0.224. The van der Waals surface area contributed by atoms with E-state index in [0.717, 1.165) is 43.6 Å². The lowest BCUT2D eigenvalue weighted by atomic mass is 10.1. The van der Waals surface area contributed by atoms with Crippen LogP contribution in [-0.4, -0.2) is 74.6 Å². The van der Waals surface area contributed by atoms with Gasteiger partial charge < -0.3 is 19.7 Å². The van der Waals surface area contributed by atoms with Crippen LogP contribution in [0.4, 0.5) is 0 Å². The van der Waals surface area contributed by atoms with Crippen LogP contribution in [-0.2, 0) is 14.3 Å². The molecular weight excluding hydrogens is 358 g/mol. The van der Waals surface area contributed by atoms with E-state index in [2.05, 4.69) is 27.0 Å². The Labute approximate surface area is 167 Å². The van der Waals surface area contributed by atoms with Crippen LogP contribution in [0.5, 0.6) is 0 Å². The summed E-state index contributed by atoms with van der Waals surface area (Å²) in [4.78, 5) is 30.8. The first-order chi connectivity index (χ1) is 13.7. The highest BCUT2D eigenvalue weighted by Gasteiger charge is 2.28. The molecule has 8 nitrogen and oxygen atoms in total. The molecule has 0 aromatic rings. The SMILES string of the molecule is C=N/C(=N\N(CC=O)C(=O)/C(=C(/CC)NC)N1CCCCC1)C1=CCOCC1. The summed E-state index contributed by atoms with van der Waals surface area (Å²) in [5.41, 5.74) is 2.30. The fourth-order valence-corrected chi connectivity index (χ4v) is 3.44. The zero-order valence-corrected chi connectivity index (χ0v) is 16.9. The summed E-state index contributed by atoms with van der Waals surface area (Å²) < 4.78 is 5.32. The maximum Gasteiger partial charge on any atom is 0.292 e. The number of nitrogens with one attached hydrogen (secondary N) is 1. The molecule has 2 aliphatic rings. The molecule has 8 heteroatoms. The van der Waals surface area contributed by atoms with E-state index in [1.54, 1.807) is 0 Å². The molecule has 0 radical (unpaired) electrons. The van der Waals surface area contributed by atoms with E-state index in [-0.39, 0.29) is 12.5 Å². The standard InChI is InChI=1S/C20H31N5O3/c1-4-17(21-2)18(24-10-6-5-7-11-24)20(27)25(12-13-26)23-19(22-3)16-8-14-28-15-9-16/h8,13,21H,3-7,9-12,14-15H2,1-2H3/b18-17+,23-19-. The van der Waals surface area contributed by atoms with Gasteiger partial charge >= 0.3 is 0 Å². The molecule has 0 saturated carbocycles. The van der Waals surface area contributed by atoms with Crippen LogP contribution in [0.2, 0.25) is 0 Å². The van der Waals surface area contributed by atoms with E-state index in [0.29, 0.717) is 43.9 Å². The number of rotatable bonds is 8. The first-order valence-corrected chi connectivity index (χ1v) is 9.90. The minimum Gasteiger partial charge on any atom is -0.390 e. The van der Waals surface area contributed by atoms with Gasteiger partial charge in [0.05, 0.1) is 13.2 Å². The Morgan fingerprint density at radius 3 is 2.68 bits per heavy atom. The van der Waals surface area contributed by atoms with Gasteiger partial charge in [-0.1, -0.05) is 13.0 Å². The van der Waals surface area contributed by atoms with Gasteiger partial charge in [-0.15, -0.1) is 5.10 Å². The largest absolute Gasteiger partial charge is 0.390 e. The van der Waals surface area contributed by atoms with Crippen molar-refractivity contribution in [3.8, 4) is 0 Å². The Morgan fingerprint density at radius 2 is 2.14 bits per heavy atom. The van der Waals surface area contributed by atoms with Gasteiger partial charge in [0.15, 0.2) is 5.84 Å². The molecule has 0 aromatic heterocycles. The van der Waals surface area contributed by atoms with Crippen LogP contribution in [0, 0.1) is 0 Å². The first kappa shape index (κ1) is 21.8. The lowest BCUT2D eigenvalue weighted by Gasteiger charge is -2.33. The lowest BCUT2D eigenvalue weighted by molar-refractivity contribution is -0.131. The van der Waals surface area contributed by atoms with Gasteiger partial charge in [0.2, 0.25) is 0 Å². The Morgan fingerprint density at radius 1 is 1.39 bits per heavy atom. The molecule has 2 heterocycles. The van der Waals surface area contributed by atoms with Crippen molar-refractivity contribution in [2.45, 2.75) is 39.0 Å². The molecule has 0 aliphatic carbocycles. The minimum atomic E-state index is -0.297. The number of carbonyl (C=O) groups excluding carboxylic acids is 2. The fourth-order valence-electron chi connectivity index (χ4n) is 3.44. The summed E-state index contributed by atoms with van der Waals surface area (Å²) in [5, 5.41) is 8.75. The summed E-state index contributed by atoms with van der Waals surface area (Å²) >= 11 is 0. The maximum atomic E-state index is 13.4. The van der Waals surface area contributed by atoms with E-state index in [4.69, 9.17) is 4.74 Å². The average Bonchev–Trinajstić information content (AvgIpc) is 2.75. The average molecular weight is 390 g/mol. The third-order valence-corrected chi connectivity index (χ3v) is 4.91. The number of aliphatic imine (C=N–C) groups is 1. The van der Waals surface area contributed by atoms with Gasteiger partial charge in [-0.2, -0.15) is 0 Å². The van der Waals surface area contributed by atoms with Gasteiger partial charge in [-0.3, -0.25) is 4.79 Å². The summed E-state index contributed by atoms with van der Waals surface area (Å²) in [7, 11) is 1.81. The topological polar surface area (TPSA) is 86.6 Å². The highest BCUT2D eigenvalue weighted by atomic mass is 16.5. The molecule has 0 unspecified atom stereocenters. The van der Waals surface area contributed by atoms with Crippen LogP contribution < -0.4 is 5.32 Å². The highest BCUT2D eigenvalue weighted by Crippen LogP contribution is 2.21. The zero-order chi connectivity index (χ0) is 20.4. The number of amidine groups is 1. The number of likely N-dealkylation sites (tertiary alicyclic amines) is 1. The van der Waals surface area contributed by atoms with Gasteiger partial charge in [0, 0.05) is 25.8 Å². The summed E-state index contributed by atoms with van der Waals surface area (Å²) in [6, 6.07) is 0. The van der Waals surface area contributed by atoms with Gasteiger partial charge in [-0.05, 0) is 44.4 Å². The molecule has 0 spiro atoms. The van der Waals surface area contributed by atoms with Gasteiger partial charge in [0.1, 0.15) is 18.5 Å². The van der Waals surface area contributed by atoms with Crippen molar-refractivity contribution in [1.82, 2.24) is 15.2 Å². The predicted molar refractivity (Wildman–Crippen MR) is 110 cm³/mol. The Hall–Kier alpha value is -2.48. The number of hydrogen-bond donors (Lipinski definition) is 1.